The molecule has 1 fully saturated rings. The van der Waals surface area contributed by atoms with E-state index in [-0.39, 0.29) is 18.0 Å². The Bertz CT molecular complexity index is 250. The second-order valence-electron chi connectivity index (χ2n) is 4.58. The van der Waals surface area contributed by atoms with Crippen LogP contribution in [0.15, 0.2) is 12.2 Å². The van der Waals surface area contributed by atoms with E-state index in [4.69, 9.17) is 4.74 Å². The number of unbranched alkanes of at least 4 members (excludes halogenated alkanes) is 2. The molecular formula is C13H21BrO2. The van der Waals surface area contributed by atoms with Gasteiger partial charge >= 0.3 is 5.97 Å². The van der Waals surface area contributed by atoms with Gasteiger partial charge < -0.3 is 4.74 Å². The number of esters is 1. The van der Waals surface area contributed by atoms with Gasteiger partial charge in [0.05, 0.1) is 5.92 Å². The lowest BCUT2D eigenvalue weighted by Gasteiger charge is -2.07. The molecule has 1 heterocycles. The van der Waals surface area contributed by atoms with Gasteiger partial charge in [0.15, 0.2) is 0 Å². The molecule has 0 radical (unpaired) electrons. The number of halogens is 1. The Morgan fingerprint density at radius 1 is 1.56 bits per heavy atom. The first-order chi connectivity index (χ1) is 7.67. The molecular weight excluding hydrogens is 268 g/mol. The number of carbonyl (C=O) groups excluding carboxylic acids is 1. The molecule has 0 bridgehead atoms. The molecule has 16 heavy (non-hydrogen) atoms. The minimum absolute atomic E-state index is 0.0244. The number of hydrogen-bond acceptors (Lipinski definition) is 2. The van der Waals surface area contributed by atoms with Gasteiger partial charge in [0.1, 0.15) is 6.10 Å². The van der Waals surface area contributed by atoms with Gasteiger partial charge in [-0.1, -0.05) is 47.8 Å². The van der Waals surface area contributed by atoms with Crippen LogP contribution in [-0.4, -0.2) is 17.4 Å². The van der Waals surface area contributed by atoms with Crippen LogP contribution < -0.4 is 0 Å². The van der Waals surface area contributed by atoms with Crippen LogP contribution in [0.25, 0.3) is 0 Å². The molecule has 0 unspecified atom stereocenters. The van der Waals surface area contributed by atoms with Crippen molar-refractivity contribution in [2.75, 3.05) is 5.33 Å². The van der Waals surface area contributed by atoms with Crippen molar-refractivity contribution in [3.63, 3.8) is 0 Å². The molecule has 0 aromatic heterocycles. The zero-order valence-corrected chi connectivity index (χ0v) is 11.6. The Kier molecular flexibility index (Phi) is 6.10. The van der Waals surface area contributed by atoms with E-state index in [2.05, 4.69) is 29.4 Å². The minimum atomic E-state index is -0.0244. The zero-order valence-electron chi connectivity index (χ0n) is 10.0. The van der Waals surface area contributed by atoms with Gasteiger partial charge in [0, 0.05) is 5.33 Å². The fourth-order valence-corrected chi connectivity index (χ4v) is 2.32. The lowest BCUT2D eigenvalue weighted by molar-refractivity contribution is -0.144. The van der Waals surface area contributed by atoms with E-state index >= 15 is 0 Å². The summed E-state index contributed by atoms with van der Waals surface area (Å²) >= 11 is 3.36. The predicted octanol–water partition coefficient (Wildman–Crippen LogP) is 3.84. The number of rotatable bonds is 7. The summed E-state index contributed by atoms with van der Waals surface area (Å²) in [5.74, 6) is 0.0280. The second-order valence-corrected chi connectivity index (χ2v) is 5.14. The van der Waals surface area contributed by atoms with Crippen LogP contribution >= 0.6 is 15.9 Å². The Balaban J connectivity index is 2.29. The van der Waals surface area contributed by atoms with Crippen molar-refractivity contribution in [2.24, 2.45) is 5.92 Å². The summed E-state index contributed by atoms with van der Waals surface area (Å²) in [6.07, 6.45) is 6.45. The highest BCUT2D eigenvalue weighted by molar-refractivity contribution is 9.09. The van der Waals surface area contributed by atoms with Gasteiger partial charge in [0.25, 0.3) is 0 Å². The van der Waals surface area contributed by atoms with Crippen LogP contribution in [0, 0.1) is 5.92 Å². The highest BCUT2D eigenvalue weighted by Gasteiger charge is 2.33. The van der Waals surface area contributed by atoms with E-state index in [0.717, 1.165) is 30.2 Å². The van der Waals surface area contributed by atoms with Crippen LogP contribution in [-0.2, 0) is 9.53 Å². The average Bonchev–Trinajstić information content (AvgIpc) is 2.60. The molecule has 0 N–H and O–H groups in total. The summed E-state index contributed by atoms with van der Waals surface area (Å²) in [4.78, 5) is 11.6. The maximum Gasteiger partial charge on any atom is 0.309 e. The number of alkyl halides is 1. The topological polar surface area (TPSA) is 26.3 Å². The molecule has 0 spiro atoms. The molecule has 1 aliphatic rings. The standard InChI is InChI=1S/C13H21BrO2/c1-3-4-5-6-12-8-11(13(15)16-12)7-10(2)9-14/h11-12H,2-9H2,1H3/t11-,12+/m0/s1. The largest absolute Gasteiger partial charge is 0.462 e. The van der Waals surface area contributed by atoms with Crippen LogP contribution in [0.4, 0.5) is 0 Å². The second kappa shape index (κ2) is 7.10. The smallest absolute Gasteiger partial charge is 0.309 e. The quantitative estimate of drug-likeness (QED) is 0.308. The summed E-state index contributed by atoms with van der Waals surface area (Å²) in [6, 6.07) is 0. The van der Waals surface area contributed by atoms with Gasteiger partial charge in [-0.05, 0) is 25.7 Å². The van der Waals surface area contributed by atoms with Crippen molar-refractivity contribution < 1.29 is 9.53 Å². The van der Waals surface area contributed by atoms with Gasteiger partial charge in [-0.25, -0.2) is 0 Å². The molecule has 2 nitrogen and oxygen atoms in total. The molecule has 0 aromatic rings. The molecule has 1 rings (SSSR count). The molecule has 0 amide bonds. The highest BCUT2D eigenvalue weighted by Crippen LogP contribution is 2.29. The zero-order chi connectivity index (χ0) is 12.0. The fraction of sp³-hybridized carbons (Fsp3) is 0.769. The fourth-order valence-electron chi connectivity index (χ4n) is 2.09. The Labute approximate surface area is 107 Å². The summed E-state index contributed by atoms with van der Waals surface area (Å²) in [7, 11) is 0. The molecule has 2 atom stereocenters. The van der Waals surface area contributed by atoms with E-state index in [1.165, 1.54) is 19.3 Å². The summed E-state index contributed by atoms with van der Waals surface area (Å²) in [6.45, 7) is 6.10. The van der Waals surface area contributed by atoms with Gasteiger partial charge in [-0.15, -0.1) is 0 Å². The summed E-state index contributed by atoms with van der Waals surface area (Å²) < 4.78 is 5.37. The van der Waals surface area contributed by atoms with E-state index in [1.54, 1.807) is 0 Å². The molecule has 0 aromatic carbocycles. The number of ether oxygens (including phenoxy) is 1. The SMILES string of the molecule is C=C(CBr)C[C@H]1C[C@@H](CCCCC)OC1=O. The van der Waals surface area contributed by atoms with E-state index in [0.29, 0.717) is 0 Å². The molecule has 92 valence electrons. The molecule has 3 heteroatoms. The van der Waals surface area contributed by atoms with Crippen molar-refractivity contribution in [3.05, 3.63) is 12.2 Å². The first kappa shape index (κ1) is 13.8. The van der Waals surface area contributed by atoms with Crippen LogP contribution in [0.1, 0.15) is 45.4 Å². The minimum Gasteiger partial charge on any atom is -0.462 e. The van der Waals surface area contributed by atoms with Crippen molar-refractivity contribution in [3.8, 4) is 0 Å². The van der Waals surface area contributed by atoms with Crippen LogP contribution in [0.2, 0.25) is 0 Å². The van der Waals surface area contributed by atoms with Crippen molar-refractivity contribution in [1.29, 1.82) is 0 Å². The van der Waals surface area contributed by atoms with Crippen LogP contribution in [0.5, 0.6) is 0 Å². The average molecular weight is 289 g/mol. The monoisotopic (exact) mass is 288 g/mol. The number of carbonyl (C=O) groups is 1. The van der Waals surface area contributed by atoms with Crippen molar-refractivity contribution >= 4 is 21.9 Å². The van der Waals surface area contributed by atoms with E-state index in [9.17, 15) is 4.79 Å². The molecule has 1 aliphatic heterocycles. The van der Waals surface area contributed by atoms with Crippen molar-refractivity contribution in [2.45, 2.75) is 51.6 Å². The van der Waals surface area contributed by atoms with Gasteiger partial charge in [0.2, 0.25) is 0 Å². The Morgan fingerprint density at radius 2 is 2.31 bits per heavy atom. The summed E-state index contributed by atoms with van der Waals surface area (Å²) in [5.41, 5.74) is 1.08. The number of hydrogen-bond donors (Lipinski definition) is 0. The molecule has 0 aliphatic carbocycles. The predicted molar refractivity (Wildman–Crippen MR) is 69.7 cm³/mol. The first-order valence-electron chi connectivity index (χ1n) is 6.10. The van der Waals surface area contributed by atoms with Gasteiger partial charge in [-0.3, -0.25) is 4.79 Å². The Morgan fingerprint density at radius 3 is 2.94 bits per heavy atom. The normalized spacial score (nSPS) is 24.5. The molecule has 1 saturated heterocycles. The number of cyclic esters (lactones) is 1. The van der Waals surface area contributed by atoms with E-state index in [1.807, 2.05) is 0 Å². The highest BCUT2D eigenvalue weighted by atomic mass is 79.9. The van der Waals surface area contributed by atoms with Crippen molar-refractivity contribution in [1.82, 2.24) is 0 Å². The first-order valence-corrected chi connectivity index (χ1v) is 7.22. The third kappa shape index (κ3) is 4.28. The maximum absolute atomic E-state index is 11.6. The lowest BCUT2D eigenvalue weighted by atomic mass is 9.96. The Hall–Kier alpha value is -0.310. The number of allylic oxidation sites excluding steroid dienone is 1. The van der Waals surface area contributed by atoms with E-state index < -0.39 is 0 Å². The third-order valence-electron chi connectivity index (χ3n) is 3.02. The van der Waals surface area contributed by atoms with Crippen LogP contribution in [0.3, 0.4) is 0 Å². The third-order valence-corrected chi connectivity index (χ3v) is 3.81. The maximum atomic E-state index is 11.6. The molecule has 0 saturated carbocycles. The lowest BCUT2D eigenvalue weighted by Crippen LogP contribution is -2.08. The summed E-state index contributed by atoms with van der Waals surface area (Å²) in [5, 5.41) is 0.775. The van der Waals surface area contributed by atoms with Gasteiger partial charge in [-0.2, -0.15) is 0 Å².